The second-order valence-corrected chi connectivity index (χ2v) is 10.8. The van der Waals surface area contributed by atoms with Crippen LogP contribution in [0.25, 0.3) is 10.9 Å². The zero-order chi connectivity index (χ0) is 23.3. The molecular weight excluding hydrogens is 426 g/mol. The number of aromatic nitrogens is 1. The van der Waals surface area contributed by atoms with Gasteiger partial charge in [0.15, 0.2) is 6.29 Å². The summed E-state index contributed by atoms with van der Waals surface area (Å²) >= 11 is 0. The number of ether oxygens (including phenoxy) is 1. The maximum atomic E-state index is 13.2. The minimum Gasteiger partial charge on any atom is -0.495 e. The lowest BCUT2D eigenvalue weighted by molar-refractivity contribution is 0.112. The Bertz CT molecular complexity index is 1300. The highest BCUT2D eigenvalue weighted by atomic mass is 32.2. The molecule has 0 radical (unpaired) electrons. The first kappa shape index (κ1) is 22.4. The van der Waals surface area contributed by atoms with E-state index in [0.717, 1.165) is 46.9 Å². The Morgan fingerprint density at radius 1 is 1.16 bits per heavy atom. The predicted octanol–water partition coefficient (Wildman–Crippen LogP) is 3.99. The molecule has 0 aliphatic carbocycles. The first-order valence-electron chi connectivity index (χ1n) is 10.7. The molecule has 2 aromatic carbocycles. The molecule has 8 heteroatoms. The molecule has 2 heterocycles. The van der Waals surface area contributed by atoms with Crippen molar-refractivity contribution >= 4 is 32.9 Å². The fourth-order valence-electron chi connectivity index (χ4n) is 4.75. The molecule has 0 bridgehead atoms. The molecule has 1 saturated heterocycles. The number of aldehydes is 1. The number of nitrogen functional groups attached to an aromatic ring is 1. The van der Waals surface area contributed by atoms with E-state index in [1.54, 1.807) is 24.3 Å². The van der Waals surface area contributed by atoms with E-state index in [4.69, 9.17) is 10.5 Å². The van der Waals surface area contributed by atoms with Crippen LogP contribution in [0.2, 0.25) is 0 Å². The topological polar surface area (TPSA) is 105 Å². The van der Waals surface area contributed by atoms with Crippen LogP contribution < -0.4 is 10.5 Å². The summed E-state index contributed by atoms with van der Waals surface area (Å²) in [5, 5.41) is 0.801. The van der Waals surface area contributed by atoms with Crippen LogP contribution in [-0.4, -0.2) is 44.2 Å². The van der Waals surface area contributed by atoms with Gasteiger partial charge in [-0.1, -0.05) is 19.9 Å². The van der Waals surface area contributed by atoms with Crippen LogP contribution in [0.4, 0.5) is 5.69 Å². The van der Waals surface area contributed by atoms with Crippen LogP contribution >= 0.6 is 0 Å². The summed E-state index contributed by atoms with van der Waals surface area (Å²) in [6.07, 6.45) is 2.58. The normalized spacial score (nSPS) is 15.4. The first-order valence-corrected chi connectivity index (χ1v) is 12.1. The second kappa shape index (κ2) is 7.94. The number of sulfonamides is 1. The Labute approximate surface area is 188 Å². The summed E-state index contributed by atoms with van der Waals surface area (Å²) in [6.45, 7) is 6.95. The van der Waals surface area contributed by atoms with Gasteiger partial charge in [0.1, 0.15) is 10.6 Å². The lowest BCUT2D eigenvalue weighted by atomic mass is 9.77. The van der Waals surface area contributed by atoms with Gasteiger partial charge in [0.25, 0.3) is 0 Å². The third kappa shape index (κ3) is 3.47. The minimum atomic E-state index is -3.64. The fourth-order valence-corrected chi connectivity index (χ4v) is 6.49. The largest absolute Gasteiger partial charge is 0.495 e. The summed E-state index contributed by atoms with van der Waals surface area (Å²) in [5.74, 6) is 0.304. The van der Waals surface area contributed by atoms with Crippen molar-refractivity contribution in [3.05, 3.63) is 52.7 Å². The number of H-pyrrole nitrogens is 1. The van der Waals surface area contributed by atoms with Crippen LogP contribution in [0, 0.1) is 6.92 Å². The number of nitrogens with one attached hydrogen (secondary N) is 1. The third-order valence-corrected chi connectivity index (χ3v) is 8.39. The summed E-state index contributed by atoms with van der Waals surface area (Å²) in [4.78, 5) is 15.6. The van der Waals surface area contributed by atoms with Gasteiger partial charge < -0.3 is 15.5 Å². The number of hydrogen-bond donors (Lipinski definition) is 2. The van der Waals surface area contributed by atoms with E-state index in [-0.39, 0.29) is 4.90 Å². The minimum absolute atomic E-state index is 0.180. The van der Waals surface area contributed by atoms with Crippen molar-refractivity contribution in [3.8, 4) is 5.75 Å². The van der Waals surface area contributed by atoms with Crippen molar-refractivity contribution in [1.29, 1.82) is 0 Å². The van der Waals surface area contributed by atoms with Gasteiger partial charge >= 0.3 is 0 Å². The molecule has 32 heavy (non-hydrogen) atoms. The molecule has 1 aliphatic heterocycles. The van der Waals surface area contributed by atoms with Gasteiger partial charge in [-0.25, -0.2) is 8.42 Å². The van der Waals surface area contributed by atoms with Gasteiger partial charge in [0.05, 0.1) is 7.11 Å². The van der Waals surface area contributed by atoms with Crippen LogP contribution in [0.5, 0.6) is 5.75 Å². The maximum Gasteiger partial charge on any atom is 0.246 e. The molecular formula is C24H29N3O4S. The zero-order valence-corrected chi connectivity index (χ0v) is 19.7. The van der Waals surface area contributed by atoms with Crippen LogP contribution in [-0.2, 0) is 15.4 Å². The van der Waals surface area contributed by atoms with Crippen molar-refractivity contribution in [2.45, 2.75) is 43.9 Å². The molecule has 0 unspecified atom stereocenters. The van der Waals surface area contributed by atoms with E-state index in [2.05, 4.69) is 4.98 Å². The Morgan fingerprint density at radius 3 is 2.47 bits per heavy atom. The van der Waals surface area contributed by atoms with Gasteiger partial charge in [-0.3, -0.25) is 4.79 Å². The molecule has 0 atom stereocenters. The monoisotopic (exact) mass is 455 g/mol. The zero-order valence-electron chi connectivity index (χ0n) is 18.9. The van der Waals surface area contributed by atoms with E-state index in [0.29, 0.717) is 30.1 Å². The van der Waals surface area contributed by atoms with Gasteiger partial charge in [-0.15, -0.1) is 0 Å². The summed E-state index contributed by atoms with van der Waals surface area (Å²) in [5.41, 5.74) is 9.69. The molecule has 0 saturated carbocycles. The molecule has 3 aromatic rings. The summed E-state index contributed by atoms with van der Waals surface area (Å²) in [7, 11) is -2.16. The third-order valence-electron chi connectivity index (χ3n) is 6.47. The van der Waals surface area contributed by atoms with Crippen LogP contribution in [0.1, 0.15) is 53.9 Å². The smallest absolute Gasteiger partial charge is 0.246 e. The van der Waals surface area contributed by atoms with E-state index in [9.17, 15) is 13.2 Å². The molecule has 4 rings (SSSR count). The number of methoxy groups -OCH3 is 1. The molecule has 170 valence electrons. The van der Waals surface area contributed by atoms with Gasteiger partial charge in [-0.05, 0) is 55.2 Å². The molecule has 1 fully saturated rings. The SMILES string of the molecule is COc1cc(C(C)(C)c2[nH]c3cc(N)ccc3c2C=O)c(C)cc1S(=O)(=O)N1CCCC1. The standard InChI is InChI=1S/C24H29N3O4S/c1-15-11-22(32(29,30)27-9-5-6-10-27)21(31-4)13-19(15)24(2,3)23-18(14-28)17-8-7-16(25)12-20(17)26-23/h7-8,11-14,26H,5-6,9-10,25H2,1-4H3. The number of aryl methyl sites for hydroxylation is 1. The lowest BCUT2D eigenvalue weighted by Gasteiger charge is -2.29. The number of carbonyl (C=O) groups excluding carboxylic acids is 1. The Hall–Kier alpha value is -2.84. The highest BCUT2D eigenvalue weighted by Crippen LogP contribution is 2.41. The Kier molecular flexibility index (Phi) is 5.55. The van der Waals surface area contributed by atoms with Gasteiger partial charge in [-0.2, -0.15) is 4.31 Å². The molecule has 3 N–H and O–H groups in total. The molecule has 0 amide bonds. The van der Waals surface area contributed by atoms with Crippen LogP contribution in [0.3, 0.4) is 0 Å². The fraction of sp³-hybridized carbons (Fsp3) is 0.375. The molecule has 0 spiro atoms. The number of hydrogen-bond acceptors (Lipinski definition) is 5. The molecule has 7 nitrogen and oxygen atoms in total. The number of nitrogens with zero attached hydrogens (tertiary/aromatic N) is 1. The van der Waals surface area contributed by atoms with Gasteiger partial charge in [0.2, 0.25) is 10.0 Å². The van der Waals surface area contributed by atoms with Crippen molar-refractivity contribution in [2.24, 2.45) is 0 Å². The van der Waals surface area contributed by atoms with Crippen LogP contribution in [0.15, 0.2) is 35.2 Å². The average Bonchev–Trinajstić information content (AvgIpc) is 3.41. The van der Waals surface area contributed by atoms with E-state index in [1.807, 2.05) is 26.8 Å². The van der Waals surface area contributed by atoms with Crippen molar-refractivity contribution in [2.75, 3.05) is 25.9 Å². The Balaban J connectivity index is 1.88. The van der Waals surface area contributed by atoms with E-state index in [1.165, 1.54) is 11.4 Å². The number of aromatic amines is 1. The molecule has 1 aliphatic rings. The average molecular weight is 456 g/mol. The maximum absolute atomic E-state index is 13.2. The lowest BCUT2D eigenvalue weighted by Crippen LogP contribution is -2.29. The number of benzene rings is 2. The summed E-state index contributed by atoms with van der Waals surface area (Å²) < 4.78 is 33.5. The number of carbonyl (C=O) groups is 1. The van der Waals surface area contributed by atoms with Crippen molar-refractivity contribution < 1.29 is 17.9 Å². The number of fused-ring (bicyclic) bond motifs is 1. The number of rotatable bonds is 6. The van der Waals surface area contributed by atoms with Gasteiger partial charge in [0, 0.05) is 46.4 Å². The van der Waals surface area contributed by atoms with E-state index >= 15 is 0 Å². The predicted molar refractivity (Wildman–Crippen MR) is 126 cm³/mol. The second-order valence-electron chi connectivity index (χ2n) is 8.89. The number of nitrogens with two attached hydrogens (primary N) is 1. The number of anilines is 1. The van der Waals surface area contributed by atoms with E-state index < -0.39 is 15.4 Å². The molecule has 1 aromatic heterocycles. The highest BCUT2D eigenvalue weighted by molar-refractivity contribution is 7.89. The Morgan fingerprint density at radius 2 is 1.84 bits per heavy atom. The summed E-state index contributed by atoms with van der Waals surface area (Å²) in [6, 6.07) is 8.88. The quantitative estimate of drug-likeness (QED) is 0.432. The van der Waals surface area contributed by atoms with Crippen molar-refractivity contribution in [1.82, 2.24) is 9.29 Å². The highest BCUT2D eigenvalue weighted by Gasteiger charge is 2.35. The van der Waals surface area contributed by atoms with Crippen molar-refractivity contribution in [3.63, 3.8) is 0 Å². The first-order chi connectivity index (χ1) is 15.1.